The normalized spacial score (nSPS) is 22.7. The van der Waals surface area contributed by atoms with Gasteiger partial charge in [0, 0.05) is 79.5 Å². The summed E-state index contributed by atoms with van der Waals surface area (Å²) < 4.78 is 0. The van der Waals surface area contributed by atoms with Crippen molar-refractivity contribution in [2.45, 2.75) is 95.7 Å². The monoisotopic (exact) mass is 775 g/mol. The lowest BCUT2D eigenvalue weighted by atomic mass is 9.90. The smallest absolute Gasteiger partial charge is 0.255 e. The van der Waals surface area contributed by atoms with Gasteiger partial charge in [-0.1, -0.05) is 35.9 Å². The molecule has 0 unspecified atom stereocenters. The second kappa shape index (κ2) is 15.7. The first-order valence-corrected chi connectivity index (χ1v) is 20.0. The Balaban J connectivity index is 0.770. The van der Waals surface area contributed by atoms with Crippen molar-refractivity contribution in [2.24, 2.45) is 5.92 Å². The third-order valence-electron chi connectivity index (χ3n) is 12.5. The number of likely N-dealkylation sites (tertiary alicyclic amines) is 1. The molecule has 2 saturated heterocycles. The number of rotatable bonds is 8. The van der Waals surface area contributed by atoms with Crippen LogP contribution in [0.2, 0.25) is 5.02 Å². The van der Waals surface area contributed by atoms with Gasteiger partial charge in [0.15, 0.2) is 0 Å². The standard InChI is InChI=1S/C43H46ClN7O5/c1-45-37-12-11-34(21-36(37)44)48(2)33-9-7-32(8-10-33)46-40(53)27-5-3-26(4-6-27)22-49-17-15-28(16-18-49)42(55)50-23-29-19-31-25-51(38-13-14-39(52)47-41(38)54)43(56)35(31)20-30(29)24-50/h3-6,11-12,19-21,28,32-33,38H,7-10,13-18,22-25H2,2H3,(H,46,53)(H,47,52,54)/t32?,33?,38-/m1/s1. The molecular weight excluding hydrogens is 730 g/mol. The Morgan fingerprint density at radius 3 is 2.29 bits per heavy atom. The van der Waals surface area contributed by atoms with Gasteiger partial charge in [0.05, 0.1) is 6.57 Å². The van der Waals surface area contributed by atoms with E-state index in [1.54, 1.807) is 11.0 Å². The Hall–Kier alpha value is -5.25. The van der Waals surface area contributed by atoms with E-state index in [1.807, 2.05) is 53.4 Å². The predicted octanol–water partition coefficient (Wildman–Crippen LogP) is 5.58. The van der Waals surface area contributed by atoms with Crippen molar-refractivity contribution in [3.8, 4) is 0 Å². The van der Waals surface area contributed by atoms with E-state index in [9.17, 15) is 24.0 Å². The highest BCUT2D eigenvalue weighted by Gasteiger charge is 2.41. The fourth-order valence-electron chi connectivity index (χ4n) is 9.14. The van der Waals surface area contributed by atoms with Gasteiger partial charge < -0.3 is 20.0 Å². The average Bonchev–Trinajstić information content (AvgIpc) is 3.77. The summed E-state index contributed by atoms with van der Waals surface area (Å²) >= 11 is 6.27. The third-order valence-corrected chi connectivity index (χ3v) is 12.8. The van der Waals surface area contributed by atoms with Crippen LogP contribution in [0.25, 0.3) is 4.85 Å². The molecule has 0 aromatic heterocycles. The average molecular weight is 776 g/mol. The van der Waals surface area contributed by atoms with Crippen molar-refractivity contribution in [3.05, 3.63) is 104 Å². The molecule has 5 amide bonds. The number of carbonyl (C=O) groups is 5. The third kappa shape index (κ3) is 7.62. The quantitative estimate of drug-likeness (QED) is 0.226. The summed E-state index contributed by atoms with van der Waals surface area (Å²) in [6, 6.07) is 17.1. The number of hydrogen-bond acceptors (Lipinski definition) is 7. The van der Waals surface area contributed by atoms with Crippen molar-refractivity contribution >= 4 is 52.5 Å². The molecule has 290 valence electrons. The number of benzene rings is 3. The Kier molecular flexibility index (Phi) is 10.6. The molecule has 4 aliphatic heterocycles. The molecule has 8 rings (SSSR count). The highest BCUT2D eigenvalue weighted by Crippen LogP contribution is 2.36. The number of anilines is 1. The summed E-state index contributed by atoms with van der Waals surface area (Å²) in [6.45, 7) is 10.9. The van der Waals surface area contributed by atoms with E-state index in [2.05, 4.69) is 32.3 Å². The van der Waals surface area contributed by atoms with E-state index in [0.29, 0.717) is 53.9 Å². The molecular formula is C43H46ClN7O5. The number of nitrogens with zero attached hydrogens (tertiary/aromatic N) is 5. The number of fused-ring (bicyclic) bond motifs is 2. The molecule has 1 aliphatic carbocycles. The Labute approximate surface area is 331 Å². The van der Waals surface area contributed by atoms with Crippen LogP contribution in [0.5, 0.6) is 0 Å². The van der Waals surface area contributed by atoms with E-state index in [-0.39, 0.29) is 42.0 Å². The van der Waals surface area contributed by atoms with Gasteiger partial charge in [-0.15, -0.1) is 0 Å². The summed E-state index contributed by atoms with van der Waals surface area (Å²) in [6.07, 6.45) is 5.81. The second-order valence-corrected chi connectivity index (χ2v) is 16.4. The minimum absolute atomic E-state index is 0.0472. The van der Waals surface area contributed by atoms with Gasteiger partial charge in [0.25, 0.3) is 11.8 Å². The first-order valence-electron chi connectivity index (χ1n) is 19.6. The number of piperidine rings is 2. The second-order valence-electron chi connectivity index (χ2n) is 16.0. The zero-order valence-electron chi connectivity index (χ0n) is 31.6. The Morgan fingerprint density at radius 2 is 1.61 bits per heavy atom. The van der Waals surface area contributed by atoms with Gasteiger partial charge in [0.2, 0.25) is 23.4 Å². The predicted molar refractivity (Wildman–Crippen MR) is 211 cm³/mol. The lowest BCUT2D eigenvalue weighted by Crippen LogP contribution is -2.52. The van der Waals surface area contributed by atoms with Crippen molar-refractivity contribution in [3.63, 3.8) is 0 Å². The van der Waals surface area contributed by atoms with Crippen LogP contribution in [0.3, 0.4) is 0 Å². The Morgan fingerprint density at radius 1 is 0.893 bits per heavy atom. The molecule has 12 nitrogen and oxygen atoms in total. The van der Waals surface area contributed by atoms with Gasteiger partial charge in [-0.25, -0.2) is 4.85 Å². The van der Waals surface area contributed by atoms with E-state index >= 15 is 0 Å². The van der Waals surface area contributed by atoms with E-state index in [1.165, 1.54) is 0 Å². The van der Waals surface area contributed by atoms with Crippen LogP contribution in [0.1, 0.15) is 94.3 Å². The first kappa shape index (κ1) is 37.7. The largest absolute Gasteiger partial charge is 0.372 e. The van der Waals surface area contributed by atoms with Gasteiger partial charge in [-0.2, -0.15) is 0 Å². The van der Waals surface area contributed by atoms with E-state index in [4.69, 9.17) is 18.2 Å². The van der Waals surface area contributed by atoms with E-state index in [0.717, 1.165) is 86.1 Å². The van der Waals surface area contributed by atoms with Crippen LogP contribution in [-0.4, -0.2) is 82.5 Å². The fourth-order valence-corrected chi connectivity index (χ4v) is 9.35. The molecule has 4 heterocycles. The van der Waals surface area contributed by atoms with Crippen molar-refractivity contribution in [1.82, 2.24) is 25.3 Å². The molecule has 0 bridgehead atoms. The first-order chi connectivity index (χ1) is 27.0. The molecule has 5 aliphatic rings. The number of amides is 5. The molecule has 56 heavy (non-hydrogen) atoms. The molecule has 1 atom stereocenters. The minimum atomic E-state index is -0.641. The summed E-state index contributed by atoms with van der Waals surface area (Å²) in [4.78, 5) is 75.6. The summed E-state index contributed by atoms with van der Waals surface area (Å²) in [5, 5.41) is 6.05. The molecule has 13 heteroatoms. The molecule has 3 aromatic rings. The molecule has 0 spiro atoms. The van der Waals surface area contributed by atoms with Crippen molar-refractivity contribution in [1.29, 1.82) is 0 Å². The molecule has 1 saturated carbocycles. The molecule has 2 N–H and O–H groups in total. The maximum absolute atomic E-state index is 13.7. The van der Waals surface area contributed by atoms with Crippen LogP contribution in [0, 0.1) is 12.5 Å². The summed E-state index contributed by atoms with van der Waals surface area (Å²) in [5.74, 6) is -0.857. The number of carbonyl (C=O) groups excluding carboxylic acids is 5. The molecule has 3 aromatic carbocycles. The lowest BCUT2D eigenvalue weighted by molar-refractivity contribution is -0.138. The highest BCUT2D eigenvalue weighted by atomic mass is 35.5. The number of imide groups is 1. The van der Waals surface area contributed by atoms with Crippen LogP contribution in [0.4, 0.5) is 11.4 Å². The fraction of sp³-hybridized carbons (Fsp3) is 0.442. The lowest BCUT2D eigenvalue weighted by Gasteiger charge is -2.36. The van der Waals surface area contributed by atoms with Crippen LogP contribution in [0.15, 0.2) is 54.6 Å². The van der Waals surface area contributed by atoms with Gasteiger partial charge in [-0.05, 0) is 111 Å². The topological polar surface area (TPSA) is 127 Å². The number of halogens is 1. The van der Waals surface area contributed by atoms with Crippen molar-refractivity contribution in [2.75, 3.05) is 25.0 Å². The van der Waals surface area contributed by atoms with E-state index < -0.39 is 11.9 Å². The zero-order chi connectivity index (χ0) is 39.1. The SMILES string of the molecule is [C-]#[N+]c1ccc(N(C)C2CCC(NC(=O)c3ccc(CN4CCC(C(=O)N5Cc6cc7c(cc6C5)C(=O)N([C@@H]5CCC(=O)NC5=O)C7)CC4)cc3)CC2)cc1Cl. The summed E-state index contributed by atoms with van der Waals surface area (Å²) in [5.41, 5.74) is 6.72. The van der Waals surface area contributed by atoms with Crippen LogP contribution < -0.4 is 15.5 Å². The zero-order valence-corrected chi connectivity index (χ0v) is 32.3. The molecule has 0 radical (unpaired) electrons. The van der Waals surface area contributed by atoms with Crippen molar-refractivity contribution < 1.29 is 24.0 Å². The minimum Gasteiger partial charge on any atom is -0.372 e. The van der Waals surface area contributed by atoms with Gasteiger partial charge in [0.1, 0.15) is 6.04 Å². The van der Waals surface area contributed by atoms with Gasteiger partial charge in [-0.3, -0.25) is 34.2 Å². The highest BCUT2D eigenvalue weighted by molar-refractivity contribution is 6.33. The Bertz CT molecular complexity index is 2120. The van der Waals surface area contributed by atoms with Crippen LogP contribution >= 0.6 is 11.6 Å². The van der Waals surface area contributed by atoms with Gasteiger partial charge >= 0.3 is 0 Å². The molecule has 3 fully saturated rings. The number of hydrogen-bond donors (Lipinski definition) is 2. The number of nitrogens with one attached hydrogen (secondary N) is 2. The maximum atomic E-state index is 13.7. The van der Waals surface area contributed by atoms with Crippen LogP contribution in [-0.2, 0) is 40.6 Å². The summed E-state index contributed by atoms with van der Waals surface area (Å²) in [7, 11) is 2.06. The maximum Gasteiger partial charge on any atom is 0.255 e.